The molecule has 0 aliphatic rings. The van der Waals surface area contributed by atoms with Gasteiger partial charge in [0.05, 0.1) is 6.21 Å². The number of rotatable bonds is 2. The Balaban J connectivity index is 2.58. The molecule has 0 aromatic carbocycles. The first kappa shape index (κ1) is 10.4. The third kappa shape index (κ3) is 1.69. The van der Waals surface area contributed by atoms with Crippen molar-refractivity contribution < 1.29 is 5.21 Å². The zero-order valence-corrected chi connectivity index (χ0v) is 9.25. The molecule has 0 fully saturated rings. The van der Waals surface area contributed by atoms with E-state index >= 15 is 0 Å². The lowest BCUT2D eigenvalue weighted by molar-refractivity contribution is 0.322. The molecular weight excluding hydrogens is 202 g/mol. The van der Waals surface area contributed by atoms with Crippen LogP contribution in [0.1, 0.15) is 17.0 Å². The second-order valence-electron chi connectivity index (χ2n) is 3.61. The monoisotopic (exact) mass is 215 g/mol. The predicted octanol–water partition coefficient (Wildman–Crippen LogP) is 2.30. The summed E-state index contributed by atoms with van der Waals surface area (Å²) in [5.74, 6) is 0. The van der Waals surface area contributed by atoms with Crippen LogP contribution in [0, 0.1) is 13.8 Å². The van der Waals surface area contributed by atoms with Crippen LogP contribution in [0.15, 0.2) is 35.7 Å². The molecule has 82 valence electrons. The third-order valence-electron chi connectivity index (χ3n) is 2.59. The number of aromatic nitrogens is 2. The maximum atomic E-state index is 8.57. The molecule has 0 amide bonds. The maximum Gasteiger partial charge on any atom is 0.0752 e. The molecule has 2 heterocycles. The Morgan fingerprint density at radius 3 is 2.62 bits per heavy atom. The van der Waals surface area contributed by atoms with Crippen molar-refractivity contribution in [1.29, 1.82) is 0 Å². The first-order valence-electron chi connectivity index (χ1n) is 5.01. The molecule has 2 rings (SSSR count). The van der Waals surface area contributed by atoms with Crippen LogP contribution in [0.4, 0.5) is 0 Å². The Labute approximate surface area is 93.9 Å². The zero-order valence-electron chi connectivity index (χ0n) is 9.25. The van der Waals surface area contributed by atoms with Gasteiger partial charge < -0.3 is 9.77 Å². The Morgan fingerprint density at radius 2 is 2.00 bits per heavy atom. The first-order chi connectivity index (χ1) is 7.74. The number of hydrogen-bond acceptors (Lipinski definition) is 3. The van der Waals surface area contributed by atoms with Gasteiger partial charge in [-0.3, -0.25) is 4.98 Å². The van der Waals surface area contributed by atoms with Crippen LogP contribution in [-0.2, 0) is 0 Å². The number of pyridine rings is 1. The van der Waals surface area contributed by atoms with Crippen LogP contribution < -0.4 is 0 Å². The summed E-state index contributed by atoms with van der Waals surface area (Å²) in [6, 6.07) is 5.87. The van der Waals surface area contributed by atoms with E-state index in [1.165, 1.54) is 6.21 Å². The van der Waals surface area contributed by atoms with Gasteiger partial charge >= 0.3 is 0 Å². The molecule has 2 aromatic rings. The summed E-state index contributed by atoms with van der Waals surface area (Å²) in [6.45, 7) is 4.01. The largest absolute Gasteiger partial charge is 0.411 e. The molecule has 0 saturated carbocycles. The summed E-state index contributed by atoms with van der Waals surface area (Å²) in [6.07, 6.45) is 4.96. The van der Waals surface area contributed by atoms with Crippen molar-refractivity contribution in [3.8, 4) is 5.69 Å². The van der Waals surface area contributed by atoms with Gasteiger partial charge in [0.25, 0.3) is 0 Å². The number of aryl methyl sites for hydroxylation is 1. The Morgan fingerprint density at radius 1 is 1.31 bits per heavy atom. The van der Waals surface area contributed by atoms with Crippen molar-refractivity contribution in [3.05, 3.63) is 47.5 Å². The molecule has 2 aromatic heterocycles. The minimum absolute atomic E-state index is 0.914. The maximum absolute atomic E-state index is 8.57. The van der Waals surface area contributed by atoms with Gasteiger partial charge in [-0.15, -0.1) is 0 Å². The average molecular weight is 215 g/mol. The van der Waals surface area contributed by atoms with Crippen molar-refractivity contribution >= 4 is 6.21 Å². The van der Waals surface area contributed by atoms with Gasteiger partial charge in [0, 0.05) is 35.0 Å². The van der Waals surface area contributed by atoms with Crippen LogP contribution in [-0.4, -0.2) is 21.0 Å². The van der Waals surface area contributed by atoms with Gasteiger partial charge in [-0.05, 0) is 32.0 Å². The second kappa shape index (κ2) is 4.18. The summed E-state index contributed by atoms with van der Waals surface area (Å²) in [7, 11) is 0. The lowest BCUT2D eigenvalue weighted by Gasteiger charge is -2.08. The normalized spacial score (nSPS) is 11.1. The molecule has 0 bridgehead atoms. The summed E-state index contributed by atoms with van der Waals surface area (Å²) in [5.41, 5.74) is 4.11. The number of hydrogen-bond donors (Lipinski definition) is 1. The lowest BCUT2D eigenvalue weighted by atomic mass is 10.3. The SMILES string of the molecule is Cc1cc(/C=N/O)c(C)n1-c1ccncc1. The molecular formula is C12H13N3O. The van der Waals surface area contributed by atoms with Gasteiger partial charge in [0.1, 0.15) is 0 Å². The highest BCUT2D eigenvalue weighted by molar-refractivity contribution is 5.81. The van der Waals surface area contributed by atoms with Crippen LogP contribution in [0.2, 0.25) is 0 Å². The van der Waals surface area contributed by atoms with E-state index in [0.717, 1.165) is 22.6 Å². The van der Waals surface area contributed by atoms with E-state index in [0.29, 0.717) is 0 Å². The Kier molecular flexibility index (Phi) is 2.72. The molecule has 0 aliphatic carbocycles. The van der Waals surface area contributed by atoms with Crippen molar-refractivity contribution in [2.45, 2.75) is 13.8 Å². The van der Waals surface area contributed by atoms with Gasteiger partial charge in [-0.2, -0.15) is 0 Å². The molecule has 0 spiro atoms. The van der Waals surface area contributed by atoms with Crippen molar-refractivity contribution in [2.24, 2.45) is 5.16 Å². The van der Waals surface area contributed by atoms with E-state index in [2.05, 4.69) is 14.7 Å². The van der Waals surface area contributed by atoms with Gasteiger partial charge in [-0.1, -0.05) is 5.16 Å². The molecule has 0 aliphatic heterocycles. The Hall–Kier alpha value is -2.10. The molecule has 16 heavy (non-hydrogen) atoms. The standard InChI is InChI=1S/C12H13N3O/c1-9-7-11(8-14-16)10(2)15(9)12-3-5-13-6-4-12/h3-8,16H,1-2H3/b14-8+. The van der Waals surface area contributed by atoms with E-state index in [-0.39, 0.29) is 0 Å². The lowest BCUT2D eigenvalue weighted by Crippen LogP contribution is -1.99. The minimum Gasteiger partial charge on any atom is -0.411 e. The molecule has 0 saturated heterocycles. The zero-order chi connectivity index (χ0) is 11.5. The highest BCUT2D eigenvalue weighted by Gasteiger charge is 2.08. The molecule has 0 atom stereocenters. The van der Waals surface area contributed by atoms with Crippen molar-refractivity contribution in [3.63, 3.8) is 0 Å². The molecule has 0 radical (unpaired) electrons. The van der Waals surface area contributed by atoms with Gasteiger partial charge in [0.2, 0.25) is 0 Å². The van der Waals surface area contributed by atoms with Crippen LogP contribution in [0.25, 0.3) is 5.69 Å². The van der Waals surface area contributed by atoms with E-state index in [4.69, 9.17) is 5.21 Å². The smallest absolute Gasteiger partial charge is 0.0752 e. The topological polar surface area (TPSA) is 50.4 Å². The number of nitrogens with zero attached hydrogens (tertiary/aromatic N) is 3. The number of oxime groups is 1. The fourth-order valence-electron chi connectivity index (χ4n) is 1.87. The van der Waals surface area contributed by atoms with Crippen LogP contribution >= 0.6 is 0 Å². The molecule has 0 unspecified atom stereocenters. The molecule has 4 heteroatoms. The van der Waals surface area contributed by atoms with Crippen molar-refractivity contribution in [2.75, 3.05) is 0 Å². The summed E-state index contributed by atoms with van der Waals surface area (Å²) >= 11 is 0. The second-order valence-corrected chi connectivity index (χ2v) is 3.61. The summed E-state index contributed by atoms with van der Waals surface area (Å²) < 4.78 is 2.10. The highest BCUT2D eigenvalue weighted by Crippen LogP contribution is 2.18. The van der Waals surface area contributed by atoms with E-state index < -0.39 is 0 Å². The van der Waals surface area contributed by atoms with Crippen molar-refractivity contribution in [1.82, 2.24) is 9.55 Å². The Bertz CT molecular complexity index is 515. The predicted molar refractivity (Wildman–Crippen MR) is 62.4 cm³/mol. The van der Waals surface area contributed by atoms with Gasteiger partial charge in [-0.25, -0.2) is 0 Å². The van der Waals surface area contributed by atoms with Crippen LogP contribution in [0.5, 0.6) is 0 Å². The quantitative estimate of drug-likeness (QED) is 0.474. The van der Waals surface area contributed by atoms with E-state index in [9.17, 15) is 0 Å². The van der Waals surface area contributed by atoms with E-state index in [1.54, 1.807) is 12.4 Å². The van der Waals surface area contributed by atoms with E-state index in [1.807, 2.05) is 32.0 Å². The first-order valence-corrected chi connectivity index (χ1v) is 5.01. The minimum atomic E-state index is 0.914. The van der Waals surface area contributed by atoms with Gasteiger partial charge in [0.15, 0.2) is 0 Å². The van der Waals surface area contributed by atoms with Crippen LogP contribution in [0.3, 0.4) is 0 Å². The molecule has 4 nitrogen and oxygen atoms in total. The summed E-state index contributed by atoms with van der Waals surface area (Å²) in [5, 5.41) is 11.6. The highest BCUT2D eigenvalue weighted by atomic mass is 16.4. The fraction of sp³-hybridized carbons (Fsp3) is 0.167. The fourth-order valence-corrected chi connectivity index (χ4v) is 1.87. The molecule has 1 N–H and O–H groups in total. The average Bonchev–Trinajstić information content (AvgIpc) is 2.56. The third-order valence-corrected chi connectivity index (χ3v) is 2.59. The summed E-state index contributed by atoms with van der Waals surface area (Å²) in [4.78, 5) is 3.99.